The Labute approximate surface area is 124 Å². The van der Waals surface area contributed by atoms with Gasteiger partial charge in [-0.25, -0.2) is 0 Å². The van der Waals surface area contributed by atoms with Gasteiger partial charge in [0.05, 0.1) is 0 Å². The van der Waals surface area contributed by atoms with Crippen LogP contribution in [-0.2, 0) is 0 Å². The van der Waals surface area contributed by atoms with Crippen LogP contribution >= 0.6 is 0 Å². The van der Waals surface area contributed by atoms with Crippen LogP contribution in [0.4, 0.5) is 5.69 Å². The Morgan fingerprint density at radius 3 is 2.20 bits per heavy atom. The number of nitrogens with two attached hydrogens (primary N) is 1. The number of nitrogen functional groups attached to an aromatic ring is 1. The highest BCUT2D eigenvalue weighted by Crippen LogP contribution is 2.14. The summed E-state index contributed by atoms with van der Waals surface area (Å²) in [7, 11) is 0. The predicted octanol–water partition coefficient (Wildman–Crippen LogP) is 3.79. The van der Waals surface area contributed by atoms with Crippen LogP contribution in [0.15, 0.2) is 24.3 Å². The quantitative estimate of drug-likeness (QED) is 0.698. The topological polar surface area (TPSA) is 38.5 Å². The molecule has 0 aromatic heterocycles. The lowest BCUT2D eigenvalue weighted by atomic mass is 10.1. The lowest BCUT2D eigenvalue weighted by Gasteiger charge is -2.31. The van der Waals surface area contributed by atoms with Crippen molar-refractivity contribution >= 4 is 5.69 Å². The van der Waals surface area contributed by atoms with Gasteiger partial charge in [0, 0.05) is 24.8 Å². The van der Waals surface area contributed by atoms with E-state index in [2.05, 4.69) is 32.6 Å². The molecule has 0 saturated carbocycles. The van der Waals surface area contributed by atoms with Crippen LogP contribution in [-0.4, -0.2) is 30.6 Å². The SMILES string of the molecule is CCC(CC)N(CCOc1ccc(N)cc1)CC(C)C. The van der Waals surface area contributed by atoms with Crippen molar-refractivity contribution in [1.82, 2.24) is 4.90 Å². The molecule has 0 saturated heterocycles. The lowest BCUT2D eigenvalue weighted by molar-refractivity contribution is 0.137. The van der Waals surface area contributed by atoms with Gasteiger partial charge in [0.2, 0.25) is 0 Å². The first-order chi connectivity index (χ1) is 9.56. The van der Waals surface area contributed by atoms with Crippen molar-refractivity contribution in [2.24, 2.45) is 5.92 Å². The maximum Gasteiger partial charge on any atom is 0.119 e. The van der Waals surface area contributed by atoms with E-state index in [4.69, 9.17) is 10.5 Å². The Morgan fingerprint density at radius 1 is 1.10 bits per heavy atom. The largest absolute Gasteiger partial charge is 0.492 e. The number of benzene rings is 1. The third kappa shape index (κ3) is 5.83. The fraction of sp³-hybridized carbons (Fsp3) is 0.647. The van der Waals surface area contributed by atoms with Crippen LogP contribution in [0.1, 0.15) is 40.5 Å². The van der Waals surface area contributed by atoms with Crippen molar-refractivity contribution in [2.75, 3.05) is 25.4 Å². The number of rotatable bonds is 9. The van der Waals surface area contributed by atoms with Crippen LogP contribution < -0.4 is 10.5 Å². The molecule has 0 bridgehead atoms. The van der Waals surface area contributed by atoms with E-state index in [0.717, 1.165) is 31.1 Å². The number of hydrogen-bond acceptors (Lipinski definition) is 3. The Hall–Kier alpha value is -1.22. The predicted molar refractivity (Wildman–Crippen MR) is 87.1 cm³/mol. The number of ether oxygens (including phenoxy) is 1. The molecule has 3 heteroatoms. The summed E-state index contributed by atoms with van der Waals surface area (Å²) in [4.78, 5) is 2.56. The third-order valence-electron chi connectivity index (χ3n) is 3.59. The molecule has 1 aromatic rings. The molecule has 0 aliphatic heterocycles. The van der Waals surface area contributed by atoms with Crippen molar-refractivity contribution < 1.29 is 4.74 Å². The normalized spacial score (nSPS) is 11.6. The molecule has 0 aliphatic carbocycles. The van der Waals surface area contributed by atoms with Gasteiger partial charge >= 0.3 is 0 Å². The second-order valence-corrected chi connectivity index (χ2v) is 5.78. The molecule has 1 aromatic carbocycles. The van der Waals surface area contributed by atoms with Gasteiger partial charge < -0.3 is 10.5 Å². The van der Waals surface area contributed by atoms with Gasteiger partial charge in [0.25, 0.3) is 0 Å². The minimum atomic E-state index is 0.660. The van der Waals surface area contributed by atoms with Gasteiger partial charge in [0.15, 0.2) is 0 Å². The first kappa shape index (κ1) is 16.8. The van der Waals surface area contributed by atoms with Crippen molar-refractivity contribution in [3.8, 4) is 5.75 Å². The van der Waals surface area contributed by atoms with E-state index in [1.54, 1.807) is 0 Å². The molecule has 0 amide bonds. The maximum absolute atomic E-state index is 5.81. The Balaban J connectivity index is 2.46. The minimum Gasteiger partial charge on any atom is -0.492 e. The fourth-order valence-corrected chi connectivity index (χ4v) is 2.54. The van der Waals surface area contributed by atoms with Gasteiger partial charge in [-0.15, -0.1) is 0 Å². The van der Waals surface area contributed by atoms with E-state index in [-0.39, 0.29) is 0 Å². The van der Waals surface area contributed by atoms with E-state index in [1.807, 2.05) is 24.3 Å². The molecule has 0 fully saturated rings. The molecule has 20 heavy (non-hydrogen) atoms. The molecule has 1 rings (SSSR count). The summed E-state index contributed by atoms with van der Waals surface area (Å²) in [5.41, 5.74) is 6.44. The molecule has 0 radical (unpaired) electrons. The van der Waals surface area contributed by atoms with Crippen molar-refractivity contribution in [2.45, 2.75) is 46.6 Å². The Morgan fingerprint density at radius 2 is 1.70 bits per heavy atom. The standard InChI is InChI=1S/C17H30N2O/c1-5-16(6-2)19(13-14(3)4)11-12-20-17-9-7-15(18)8-10-17/h7-10,14,16H,5-6,11-13,18H2,1-4H3. The lowest BCUT2D eigenvalue weighted by Crippen LogP contribution is -2.39. The molecule has 0 unspecified atom stereocenters. The minimum absolute atomic E-state index is 0.660. The highest BCUT2D eigenvalue weighted by Gasteiger charge is 2.16. The maximum atomic E-state index is 5.81. The smallest absolute Gasteiger partial charge is 0.119 e. The summed E-state index contributed by atoms with van der Waals surface area (Å²) in [5, 5.41) is 0. The molecular weight excluding hydrogens is 248 g/mol. The number of anilines is 1. The van der Waals surface area contributed by atoms with Crippen molar-refractivity contribution in [3.05, 3.63) is 24.3 Å². The van der Waals surface area contributed by atoms with Crippen LogP contribution in [0.25, 0.3) is 0 Å². The van der Waals surface area contributed by atoms with E-state index in [0.29, 0.717) is 12.0 Å². The second kappa shape index (κ2) is 8.85. The van der Waals surface area contributed by atoms with Crippen LogP contribution in [0.5, 0.6) is 5.75 Å². The summed E-state index contributed by atoms with van der Waals surface area (Å²) < 4.78 is 5.81. The number of hydrogen-bond donors (Lipinski definition) is 1. The molecule has 0 aliphatic rings. The molecule has 0 spiro atoms. The van der Waals surface area contributed by atoms with Crippen molar-refractivity contribution in [1.29, 1.82) is 0 Å². The zero-order valence-corrected chi connectivity index (χ0v) is 13.4. The van der Waals surface area contributed by atoms with Crippen LogP contribution in [0, 0.1) is 5.92 Å². The van der Waals surface area contributed by atoms with E-state index >= 15 is 0 Å². The summed E-state index contributed by atoms with van der Waals surface area (Å²) >= 11 is 0. The summed E-state index contributed by atoms with van der Waals surface area (Å²) in [6.07, 6.45) is 2.40. The van der Waals surface area contributed by atoms with Crippen molar-refractivity contribution in [3.63, 3.8) is 0 Å². The first-order valence-electron chi connectivity index (χ1n) is 7.79. The van der Waals surface area contributed by atoms with E-state index in [9.17, 15) is 0 Å². The van der Waals surface area contributed by atoms with E-state index in [1.165, 1.54) is 12.8 Å². The van der Waals surface area contributed by atoms with Gasteiger partial charge in [-0.05, 0) is 43.0 Å². The molecular formula is C17H30N2O. The Bertz CT molecular complexity index is 358. The zero-order chi connectivity index (χ0) is 15.0. The zero-order valence-electron chi connectivity index (χ0n) is 13.4. The molecule has 3 nitrogen and oxygen atoms in total. The average molecular weight is 278 g/mol. The van der Waals surface area contributed by atoms with E-state index < -0.39 is 0 Å². The second-order valence-electron chi connectivity index (χ2n) is 5.78. The average Bonchev–Trinajstić information content (AvgIpc) is 2.41. The third-order valence-corrected chi connectivity index (χ3v) is 3.59. The first-order valence-corrected chi connectivity index (χ1v) is 7.79. The molecule has 114 valence electrons. The molecule has 0 heterocycles. The summed E-state index contributed by atoms with van der Waals surface area (Å²) in [6, 6.07) is 8.27. The highest BCUT2D eigenvalue weighted by atomic mass is 16.5. The van der Waals surface area contributed by atoms with Gasteiger partial charge in [-0.2, -0.15) is 0 Å². The number of nitrogens with zero attached hydrogens (tertiary/aromatic N) is 1. The summed E-state index contributed by atoms with van der Waals surface area (Å²) in [5.74, 6) is 1.58. The fourth-order valence-electron chi connectivity index (χ4n) is 2.54. The molecule has 0 atom stereocenters. The van der Waals surface area contributed by atoms with Gasteiger partial charge in [0.1, 0.15) is 12.4 Å². The highest BCUT2D eigenvalue weighted by molar-refractivity contribution is 5.41. The molecule has 2 N–H and O–H groups in total. The summed E-state index contributed by atoms with van der Waals surface area (Å²) in [6.45, 7) is 11.9. The van der Waals surface area contributed by atoms with Gasteiger partial charge in [-0.3, -0.25) is 4.90 Å². The van der Waals surface area contributed by atoms with Crippen LogP contribution in [0.3, 0.4) is 0 Å². The monoisotopic (exact) mass is 278 g/mol. The van der Waals surface area contributed by atoms with Crippen LogP contribution in [0.2, 0.25) is 0 Å². The van der Waals surface area contributed by atoms with Gasteiger partial charge in [-0.1, -0.05) is 27.7 Å². The Kier molecular flexibility index (Phi) is 7.45.